The second kappa shape index (κ2) is 5.79. The van der Waals surface area contributed by atoms with Crippen LogP contribution in [-0.2, 0) is 17.6 Å². The second-order valence-electron chi connectivity index (χ2n) is 6.26. The van der Waals surface area contributed by atoms with Gasteiger partial charge in [0.1, 0.15) is 6.04 Å². The van der Waals surface area contributed by atoms with Crippen LogP contribution in [-0.4, -0.2) is 34.5 Å². The molecule has 2 atom stereocenters. The highest BCUT2D eigenvalue weighted by Gasteiger charge is 2.33. The maximum Gasteiger partial charge on any atom is 0.326 e. The Labute approximate surface area is 128 Å². The first-order valence-electron chi connectivity index (χ1n) is 7.71. The van der Waals surface area contributed by atoms with Gasteiger partial charge in [0.2, 0.25) is 0 Å². The molecule has 5 heteroatoms. The van der Waals surface area contributed by atoms with Crippen molar-refractivity contribution in [3.8, 4) is 0 Å². The third kappa shape index (κ3) is 2.84. The van der Waals surface area contributed by atoms with E-state index in [2.05, 4.69) is 6.92 Å². The predicted octanol–water partition coefficient (Wildman–Crippen LogP) is 2.95. The fraction of sp³-hybridized carbons (Fsp3) is 0.625. The molecule has 0 aromatic carbocycles. The molecule has 0 bridgehead atoms. The predicted molar refractivity (Wildman–Crippen MR) is 81.8 cm³/mol. The highest BCUT2D eigenvalue weighted by atomic mass is 32.1. The number of likely N-dealkylation sites (tertiary alicyclic amines) is 1. The van der Waals surface area contributed by atoms with Crippen molar-refractivity contribution in [2.45, 2.75) is 51.5 Å². The van der Waals surface area contributed by atoms with E-state index in [9.17, 15) is 14.7 Å². The molecule has 1 fully saturated rings. The maximum absolute atomic E-state index is 12.7. The fourth-order valence-corrected chi connectivity index (χ4v) is 4.55. The van der Waals surface area contributed by atoms with Crippen molar-refractivity contribution in [3.05, 3.63) is 21.4 Å². The minimum Gasteiger partial charge on any atom is -0.480 e. The molecule has 3 rings (SSSR count). The molecule has 1 saturated heterocycles. The minimum absolute atomic E-state index is 0.0887. The van der Waals surface area contributed by atoms with Gasteiger partial charge >= 0.3 is 5.97 Å². The average Bonchev–Trinajstić information content (AvgIpc) is 2.89. The van der Waals surface area contributed by atoms with Gasteiger partial charge in [0, 0.05) is 11.4 Å². The van der Waals surface area contributed by atoms with Crippen molar-refractivity contribution < 1.29 is 14.7 Å². The highest BCUT2D eigenvalue weighted by molar-refractivity contribution is 7.14. The van der Waals surface area contributed by atoms with Crippen molar-refractivity contribution in [3.63, 3.8) is 0 Å². The summed E-state index contributed by atoms with van der Waals surface area (Å²) in [5, 5.41) is 9.31. The normalized spacial score (nSPS) is 25.5. The van der Waals surface area contributed by atoms with E-state index >= 15 is 0 Å². The van der Waals surface area contributed by atoms with E-state index in [0.717, 1.165) is 30.6 Å². The summed E-state index contributed by atoms with van der Waals surface area (Å²) in [4.78, 5) is 27.6. The van der Waals surface area contributed by atoms with Crippen molar-refractivity contribution in [1.82, 2.24) is 4.90 Å². The molecule has 0 spiro atoms. The maximum atomic E-state index is 12.7. The molecule has 1 amide bonds. The molecule has 4 nitrogen and oxygen atoms in total. The molecular formula is C16H21NO3S. The largest absolute Gasteiger partial charge is 0.480 e. The number of carbonyl (C=O) groups is 2. The Balaban J connectivity index is 1.83. The Morgan fingerprint density at radius 1 is 1.33 bits per heavy atom. The molecule has 1 aliphatic heterocycles. The molecule has 21 heavy (non-hydrogen) atoms. The molecule has 2 heterocycles. The Bertz CT molecular complexity index is 566. The van der Waals surface area contributed by atoms with E-state index in [-0.39, 0.29) is 5.91 Å². The fourth-order valence-electron chi connectivity index (χ4n) is 3.38. The van der Waals surface area contributed by atoms with Gasteiger partial charge in [-0.05, 0) is 56.1 Å². The summed E-state index contributed by atoms with van der Waals surface area (Å²) in [5.74, 6) is -0.288. The topological polar surface area (TPSA) is 57.6 Å². The number of amides is 1. The summed E-state index contributed by atoms with van der Waals surface area (Å²) in [5.41, 5.74) is 1.30. The lowest BCUT2D eigenvalue weighted by atomic mass is 9.90. The van der Waals surface area contributed by atoms with Crippen molar-refractivity contribution in [2.75, 3.05) is 6.54 Å². The summed E-state index contributed by atoms with van der Waals surface area (Å²) in [6, 6.07) is 1.36. The lowest BCUT2D eigenvalue weighted by Gasteiger charge is -2.32. The van der Waals surface area contributed by atoms with Gasteiger partial charge in [-0.3, -0.25) is 4.79 Å². The molecule has 1 unspecified atom stereocenters. The van der Waals surface area contributed by atoms with Gasteiger partial charge in [0.05, 0.1) is 4.88 Å². The van der Waals surface area contributed by atoms with Crippen LogP contribution in [0.25, 0.3) is 0 Å². The van der Waals surface area contributed by atoms with Gasteiger partial charge in [0.15, 0.2) is 0 Å². The summed E-state index contributed by atoms with van der Waals surface area (Å²) in [6.45, 7) is 2.81. The first kappa shape index (κ1) is 14.6. The number of fused-ring (bicyclic) bond motifs is 1. The number of piperidine rings is 1. The lowest BCUT2D eigenvalue weighted by molar-refractivity contribution is -0.143. The van der Waals surface area contributed by atoms with E-state index in [0.29, 0.717) is 18.9 Å². The second-order valence-corrected chi connectivity index (χ2v) is 7.39. The molecule has 1 N–H and O–H groups in total. The number of hydrogen-bond acceptors (Lipinski definition) is 3. The van der Waals surface area contributed by atoms with Crippen LogP contribution in [0.4, 0.5) is 0 Å². The first-order chi connectivity index (χ1) is 10.1. The number of carbonyl (C=O) groups excluding carboxylic acids is 1. The molecule has 1 aromatic heterocycles. The zero-order valence-electron chi connectivity index (χ0n) is 12.3. The van der Waals surface area contributed by atoms with Gasteiger partial charge in [0.25, 0.3) is 5.91 Å². The Morgan fingerprint density at radius 2 is 2.14 bits per heavy atom. The number of thiophene rings is 1. The van der Waals surface area contributed by atoms with Crippen LogP contribution in [0.2, 0.25) is 0 Å². The number of carboxylic acids is 1. The van der Waals surface area contributed by atoms with Crippen molar-refractivity contribution in [1.29, 1.82) is 0 Å². The van der Waals surface area contributed by atoms with E-state index in [1.54, 1.807) is 16.2 Å². The number of aryl methyl sites for hydroxylation is 1. The zero-order chi connectivity index (χ0) is 15.0. The van der Waals surface area contributed by atoms with Gasteiger partial charge in [-0.15, -0.1) is 11.3 Å². The van der Waals surface area contributed by atoms with E-state index in [1.165, 1.54) is 16.9 Å². The van der Waals surface area contributed by atoms with Crippen LogP contribution in [0.1, 0.15) is 52.7 Å². The van der Waals surface area contributed by atoms with E-state index < -0.39 is 12.0 Å². The SMILES string of the molecule is CC1CCc2sc(C(=O)N3CCCC[C@@H]3C(=O)O)cc2C1. The quantitative estimate of drug-likeness (QED) is 0.914. The summed E-state index contributed by atoms with van der Waals surface area (Å²) >= 11 is 1.57. The summed E-state index contributed by atoms with van der Waals surface area (Å²) in [7, 11) is 0. The minimum atomic E-state index is -0.877. The third-order valence-electron chi connectivity index (χ3n) is 4.59. The van der Waals surface area contributed by atoms with Crippen LogP contribution >= 0.6 is 11.3 Å². The lowest BCUT2D eigenvalue weighted by Crippen LogP contribution is -2.47. The van der Waals surface area contributed by atoms with Gasteiger partial charge in [-0.2, -0.15) is 0 Å². The molecular weight excluding hydrogens is 286 g/mol. The molecule has 1 aliphatic carbocycles. The average molecular weight is 307 g/mol. The van der Waals surface area contributed by atoms with Crippen molar-refractivity contribution >= 4 is 23.2 Å². The van der Waals surface area contributed by atoms with Crippen LogP contribution in [0.15, 0.2) is 6.07 Å². The van der Waals surface area contributed by atoms with Gasteiger partial charge in [-0.1, -0.05) is 6.92 Å². The number of carboxylic acid groups (broad SMARTS) is 1. The summed E-state index contributed by atoms with van der Waals surface area (Å²) in [6.07, 6.45) is 5.64. The molecule has 114 valence electrons. The number of rotatable bonds is 2. The monoisotopic (exact) mass is 307 g/mol. The van der Waals surface area contributed by atoms with E-state index in [4.69, 9.17) is 0 Å². The molecule has 0 radical (unpaired) electrons. The number of hydrogen-bond donors (Lipinski definition) is 1. The van der Waals surface area contributed by atoms with Crippen LogP contribution < -0.4 is 0 Å². The summed E-state index contributed by atoms with van der Waals surface area (Å²) < 4.78 is 0. The zero-order valence-corrected chi connectivity index (χ0v) is 13.1. The van der Waals surface area contributed by atoms with Crippen LogP contribution in [0.3, 0.4) is 0 Å². The van der Waals surface area contributed by atoms with Crippen molar-refractivity contribution in [2.24, 2.45) is 5.92 Å². The number of aliphatic carboxylic acids is 1. The Morgan fingerprint density at radius 3 is 2.90 bits per heavy atom. The molecule has 0 saturated carbocycles. The Kier molecular flexibility index (Phi) is 4.02. The standard InChI is InChI=1S/C16H21NO3S/c1-10-5-6-13-11(8-10)9-14(21-13)15(18)17-7-3-2-4-12(17)16(19)20/h9-10,12H,2-8H2,1H3,(H,19,20)/t10?,12-/m1/s1. The smallest absolute Gasteiger partial charge is 0.326 e. The van der Waals surface area contributed by atoms with Crippen LogP contribution in [0.5, 0.6) is 0 Å². The van der Waals surface area contributed by atoms with E-state index in [1.807, 2.05) is 6.07 Å². The Hall–Kier alpha value is -1.36. The van der Waals surface area contributed by atoms with Gasteiger partial charge in [-0.25, -0.2) is 4.79 Å². The third-order valence-corrected chi connectivity index (χ3v) is 5.81. The first-order valence-corrected chi connectivity index (χ1v) is 8.53. The number of nitrogens with zero attached hydrogens (tertiary/aromatic N) is 1. The van der Waals surface area contributed by atoms with Gasteiger partial charge < -0.3 is 10.0 Å². The molecule has 1 aromatic rings. The highest BCUT2D eigenvalue weighted by Crippen LogP contribution is 2.33. The molecule has 2 aliphatic rings. The van der Waals surface area contributed by atoms with Crippen LogP contribution in [0, 0.1) is 5.92 Å².